The Bertz CT molecular complexity index is 868. The molecule has 134 valence electrons. The smallest absolute Gasteiger partial charge is 0.348 e. The van der Waals surface area contributed by atoms with Crippen molar-refractivity contribution in [1.82, 2.24) is 5.06 Å². The first-order chi connectivity index (χ1) is 12.3. The summed E-state index contributed by atoms with van der Waals surface area (Å²) in [6.45, 7) is 7.79. The molecule has 1 heterocycles. The van der Waals surface area contributed by atoms with Gasteiger partial charge in [-0.3, -0.25) is 4.90 Å². The van der Waals surface area contributed by atoms with Gasteiger partial charge < -0.3 is 4.84 Å². The maximum absolute atomic E-state index is 12.7. The second kappa shape index (κ2) is 6.75. The summed E-state index contributed by atoms with van der Waals surface area (Å²) in [6.07, 6.45) is 0.655. The molecule has 1 amide bonds. The second-order valence-corrected chi connectivity index (χ2v) is 7.18. The molecule has 1 unspecified atom stereocenters. The van der Waals surface area contributed by atoms with Crippen molar-refractivity contribution in [2.24, 2.45) is 4.99 Å². The van der Waals surface area contributed by atoms with E-state index in [-0.39, 0.29) is 0 Å². The van der Waals surface area contributed by atoms with Crippen LogP contribution in [-0.2, 0) is 9.63 Å². The normalized spacial score (nSPS) is 17.8. The van der Waals surface area contributed by atoms with Crippen LogP contribution in [0.4, 0.5) is 16.2 Å². The van der Waals surface area contributed by atoms with E-state index in [9.17, 15) is 9.59 Å². The monoisotopic (exact) mass is 351 g/mol. The number of aliphatic imine (C=N–C) groups is 1. The average molecular weight is 351 g/mol. The van der Waals surface area contributed by atoms with Crippen LogP contribution in [0, 0.1) is 6.92 Å². The standard InChI is InChI=1S/C20H21N3O3/c1-14-10-11-16(12-17(14)21-13-24)22-18(15-8-6-5-7-9-15)23(20(2,3)4)26-19(22)25/h5-12,18H,1-4H3. The molecule has 26 heavy (non-hydrogen) atoms. The Morgan fingerprint density at radius 1 is 1.12 bits per heavy atom. The number of hydrogen-bond acceptors (Lipinski definition) is 5. The molecule has 6 heteroatoms. The molecule has 3 rings (SSSR count). The zero-order valence-electron chi connectivity index (χ0n) is 15.3. The molecule has 1 fully saturated rings. The molecule has 0 saturated carbocycles. The molecule has 0 radical (unpaired) electrons. The fraction of sp³-hybridized carbons (Fsp3) is 0.300. The highest BCUT2D eigenvalue weighted by molar-refractivity contribution is 5.90. The summed E-state index contributed by atoms with van der Waals surface area (Å²) in [6, 6.07) is 15.0. The molecule has 1 aliphatic rings. The number of hydrogen-bond donors (Lipinski definition) is 0. The molecule has 1 atom stereocenters. The zero-order valence-corrected chi connectivity index (χ0v) is 15.3. The minimum atomic E-state index is -0.473. The summed E-state index contributed by atoms with van der Waals surface area (Å²) in [7, 11) is 0. The third-order valence-electron chi connectivity index (χ3n) is 4.24. The van der Waals surface area contributed by atoms with Gasteiger partial charge in [0.2, 0.25) is 6.08 Å². The molecule has 0 spiro atoms. The van der Waals surface area contributed by atoms with Crippen molar-refractivity contribution >= 4 is 23.5 Å². The van der Waals surface area contributed by atoms with E-state index < -0.39 is 17.8 Å². The van der Waals surface area contributed by atoms with Crippen LogP contribution in [0.25, 0.3) is 0 Å². The SMILES string of the molecule is Cc1ccc(N2C(=O)ON(C(C)(C)C)C2c2ccccc2)cc1N=C=O. The quantitative estimate of drug-likeness (QED) is 0.597. The lowest BCUT2D eigenvalue weighted by atomic mass is 10.0. The third-order valence-corrected chi connectivity index (χ3v) is 4.24. The van der Waals surface area contributed by atoms with E-state index in [1.54, 1.807) is 22.1 Å². The van der Waals surface area contributed by atoms with Crippen LogP contribution in [0.2, 0.25) is 0 Å². The Morgan fingerprint density at radius 2 is 1.81 bits per heavy atom. The number of carbonyl (C=O) groups is 1. The van der Waals surface area contributed by atoms with Gasteiger partial charge in [0, 0.05) is 0 Å². The van der Waals surface area contributed by atoms with Gasteiger partial charge in [0.1, 0.15) is 0 Å². The number of isocyanates is 1. The number of anilines is 1. The molecule has 1 aliphatic heterocycles. The molecule has 0 aromatic heterocycles. The van der Waals surface area contributed by atoms with Crippen molar-refractivity contribution in [1.29, 1.82) is 0 Å². The molecule has 0 aliphatic carbocycles. The highest BCUT2D eigenvalue weighted by atomic mass is 16.7. The molecule has 0 bridgehead atoms. The summed E-state index contributed by atoms with van der Waals surface area (Å²) >= 11 is 0. The first kappa shape index (κ1) is 17.9. The van der Waals surface area contributed by atoms with Gasteiger partial charge in [-0.1, -0.05) is 36.4 Å². The topological polar surface area (TPSA) is 62.2 Å². The van der Waals surface area contributed by atoms with E-state index >= 15 is 0 Å². The van der Waals surface area contributed by atoms with E-state index in [1.807, 2.05) is 70.2 Å². The van der Waals surface area contributed by atoms with Crippen LogP contribution in [0.5, 0.6) is 0 Å². The third kappa shape index (κ3) is 3.25. The molecule has 6 nitrogen and oxygen atoms in total. The molecule has 1 saturated heterocycles. The summed E-state index contributed by atoms with van der Waals surface area (Å²) < 4.78 is 0. The maximum atomic E-state index is 12.7. The predicted molar refractivity (Wildman–Crippen MR) is 98.7 cm³/mol. The van der Waals surface area contributed by atoms with Gasteiger partial charge in [0.15, 0.2) is 6.17 Å². The molecule has 0 N–H and O–H groups in total. The Labute approximate surface area is 152 Å². The van der Waals surface area contributed by atoms with Crippen molar-refractivity contribution in [2.75, 3.05) is 4.90 Å². The van der Waals surface area contributed by atoms with Gasteiger partial charge >= 0.3 is 6.09 Å². The van der Waals surface area contributed by atoms with Crippen molar-refractivity contribution < 1.29 is 14.4 Å². The van der Waals surface area contributed by atoms with Crippen LogP contribution >= 0.6 is 0 Å². The lowest BCUT2D eigenvalue weighted by Gasteiger charge is -2.34. The van der Waals surface area contributed by atoms with Crippen molar-refractivity contribution in [3.05, 3.63) is 59.7 Å². The fourth-order valence-electron chi connectivity index (χ4n) is 2.96. The molecule has 2 aromatic rings. The van der Waals surface area contributed by atoms with E-state index in [4.69, 9.17) is 4.84 Å². The first-order valence-electron chi connectivity index (χ1n) is 8.37. The predicted octanol–water partition coefficient (Wildman–Crippen LogP) is 4.63. The maximum Gasteiger partial charge on any atom is 0.435 e. The van der Waals surface area contributed by atoms with Crippen molar-refractivity contribution in [3.8, 4) is 0 Å². The average Bonchev–Trinajstić information content (AvgIpc) is 2.95. The van der Waals surface area contributed by atoms with Crippen molar-refractivity contribution in [3.63, 3.8) is 0 Å². The van der Waals surface area contributed by atoms with Gasteiger partial charge in [-0.05, 0) is 51.0 Å². The van der Waals surface area contributed by atoms with E-state index in [0.29, 0.717) is 11.4 Å². The minimum Gasteiger partial charge on any atom is -0.348 e. The van der Waals surface area contributed by atoms with E-state index in [1.165, 1.54) is 0 Å². The Kier molecular flexibility index (Phi) is 4.64. The highest BCUT2D eigenvalue weighted by Crippen LogP contribution is 2.41. The fourth-order valence-corrected chi connectivity index (χ4v) is 2.96. The summed E-state index contributed by atoms with van der Waals surface area (Å²) in [5.74, 6) is 0. The highest BCUT2D eigenvalue weighted by Gasteiger charge is 2.47. The first-order valence-corrected chi connectivity index (χ1v) is 8.37. The van der Waals surface area contributed by atoms with Crippen LogP contribution < -0.4 is 4.90 Å². The summed E-state index contributed by atoms with van der Waals surface area (Å²) in [5, 5.41) is 1.69. The molecule has 2 aromatic carbocycles. The van der Waals surface area contributed by atoms with Gasteiger partial charge in [0.25, 0.3) is 0 Å². The summed E-state index contributed by atoms with van der Waals surface area (Å²) in [5.41, 5.74) is 2.43. The van der Waals surface area contributed by atoms with Crippen LogP contribution in [0.3, 0.4) is 0 Å². The number of nitrogens with zero attached hydrogens (tertiary/aromatic N) is 3. The number of amides is 1. The van der Waals surface area contributed by atoms with Crippen LogP contribution in [0.15, 0.2) is 53.5 Å². The van der Waals surface area contributed by atoms with Gasteiger partial charge in [-0.25, -0.2) is 9.59 Å². The molecular formula is C20H21N3O3. The van der Waals surface area contributed by atoms with E-state index in [0.717, 1.165) is 11.1 Å². The number of benzene rings is 2. The second-order valence-electron chi connectivity index (χ2n) is 7.18. The Morgan fingerprint density at radius 3 is 2.42 bits per heavy atom. The number of hydroxylamine groups is 2. The van der Waals surface area contributed by atoms with Crippen LogP contribution in [0.1, 0.15) is 38.1 Å². The lowest BCUT2D eigenvalue weighted by Crippen LogP contribution is -2.42. The van der Waals surface area contributed by atoms with Gasteiger partial charge in [-0.2, -0.15) is 4.99 Å². The summed E-state index contributed by atoms with van der Waals surface area (Å²) in [4.78, 5) is 34.3. The number of carbonyl (C=O) groups excluding carboxylic acids is 2. The zero-order chi connectivity index (χ0) is 18.9. The van der Waals surface area contributed by atoms with Crippen molar-refractivity contribution in [2.45, 2.75) is 39.4 Å². The van der Waals surface area contributed by atoms with Crippen LogP contribution in [-0.4, -0.2) is 22.8 Å². The minimum absolute atomic E-state index is 0.403. The van der Waals surface area contributed by atoms with E-state index in [2.05, 4.69) is 4.99 Å². The van der Waals surface area contributed by atoms with Gasteiger partial charge in [0.05, 0.1) is 16.9 Å². The largest absolute Gasteiger partial charge is 0.435 e. The number of rotatable bonds is 3. The Balaban J connectivity index is 2.13. The van der Waals surface area contributed by atoms with Gasteiger partial charge in [-0.15, -0.1) is 5.06 Å². The number of aryl methyl sites for hydroxylation is 1. The lowest BCUT2D eigenvalue weighted by molar-refractivity contribution is -0.153. The Hall–Kier alpha value is -2.95. The molecular weight excluding hydrogens is 330 g/mol.